The molecule has 0 radical (unpaired) electrons. The summed E-state index contributed by atoms with van der Waals surface area (Å²) < 4.78 is 14.8. The number of pyridine rings is 1. The predicted molar refractivity (Wildman–Crippen MR) is 97.5 cm³/mol. The standard InChI is InChI=1S/C19H16FN5O3/c1-23-9-13-10-24(11-17(13)22-23)19(26)8-16-18(25(27)28)7-6-15(21-16)12-2-4-14(20)5-3-12/h2-7,9H,8,10-11H2,1H3. The molecule has 1 aliphatic rings. The summed E-state index contributed by atoms with van der Waals surface area (Å²) in [6, 6.07) is 8.48. The molecule has 0 aliphatic carbocycles. The van der Waals surface area contributed by atoms with Gasteiger partial charge in [-0.05, 0) is 30.3 Å². The number of benzene rings is 1. The van der Waals surface area contributed by atoms with Crippen molar-refractivity contribution in [3.05, 3.63) is 75.5 Å². The maximum atomic E-state index is 13.1. The van der Waals surface area contributed by atoms with Crippen LogP contribution in [0.2, 0.25) is 0 Å². The summed E-state index contributed by atoms with van der Waals surface area (Å²) >= 11 is 0. The second kappa shape index (κ2) is 6.84. The summed E-state index contributed by atoms with van der Waals surface area (Å²) in [5, 5.41) is 15.7. The first-order valence-corrected chi connectivity index (χ1v) is 8.60. The maximum Gasteiger partial charge on any atom is 0.291 e. The zero-order chi connectivity index (χ0) is 19.8. The summed E-state index contributed by atoms with van der Waals surface area (Å²) in [4.78, 5) is 29.5. The van der Waals surface area contributed by atoms with E-state index in [-0.39, 0.29) is 29.5 Å². The van der Waals surface area contributed by atoms with Crippen LogP contribution in [0, 0.1) is 15.9 Å². The topological polar surface area (TPSA) is 94.2 Å². The van der Waals surface area contributed by atoms with E-state index in [1.807, 2.05) is 13.2 Å². The third kappa shape index (κ3) is 3.34. The Morgan fingerprint density at radius 3 is 2.64 bits per heavy atom. The molecule has 3 aromatic rings. The molecule has 8 nitrogen and oxygen atoms in total. The van der Waals surface area contributed by atoms with Gasteiger partial charge in [-0.3, -0.25) is 19.6 Å². The van der Waals surface area contributed by atoms with Gasteiger partial charge in [0.25, 0.3) is 5.69 Å². The van der Waals surface area contributed by atoms with Gasteiger partial charge in [0.2, 0.25) is 5.91 Å². The maximum absolute atomic E-state index is 13.1. The molecule has 0 atom stereocenters. The van der Waals surface area contributed by atoms with Crippen molar-refractivity contribution in [3.63, 3.8) is 0 Å². The van der Waals surface area contributed by atoms with Gasteiger partial charge < -0.3 is 4.90 Å². The average Bonchev–Trinajstić information content (AvgIpc) is 3.19. The molecule has 4 rings (SSSR count). The molecular weight excluding hydrogens is 365 g/mol. The largest absolute Gasteiger partial charge is 0.332 e. The van der Waals surface area contributed by atoms with E-state index in [2.05, 4.69) is 10.1 Å². The molecule has 0 fully saturated rings. The number of rotatable bonds is 4. The number of carbonyl (C=O) groups excluding carboxylic acids is 1. The average molecular weight is 381 g/mol. The van der Waals surface area contributed by atoms with Crippen molar-refractivity contribution in [3.8, 4) is 11.3 Å². The van der Waals surface area contributed by atoms with Crippen LogP contribution in [0.5, 0.6) is 0 Å². The van der Waals surface area contributed by atoms with E-state index < -0.39 is 4.92 Å². The van der Waals surface area contributed by atoms with Gasteiger partial charge >= 0.3 is 0 Å². The van der Waals surface area contributed by atoms with Crippen LogP contribution in [0.1, 0.15) is 17.0 Å². The lowest BCUT2D eigenvalue weighted by atomic mass is 10.1. The van der Waals surface area contributed by atoms with Gasteiger partial charge in [0, 0.05) is 37.0 Å². The van der Waals surface area contributed by atoms with Gasteiger partial charge in [-0.2, -0.15) is 5.10 Å². The molecular formula is C19H16FN5O3. The van der Waals surface area contributed by atoms with E-state index in [9.17, 15) is 19.3 Å². The van der Waals surface area contributed by atoms with Gasteiger partial charge in [-0.15, -0.1) is 0 Å². The van der Waals surface area contributed by atoms with Crippen molar-refractivity contribution in [2.45, 2.75) is 19.5 Å². The first-order chi connectivity index (χ1) is 13.4. The van der Waals surface area contributed by atoms with Crippen molar-refractivity contribution in [1.29, 1.82) is 0 Å². The number of carbonyl (C=O) groups is 1. The number of nitrogens with zero attached hydrogens (tertiary/aromatic N) is 5. The summed E-state index contributed by atoms with van der Waals surface area (Å²) in [6.07, 6.45) is 1.67. The van der Waals surface area contributed by atoms with Crippen LogP contribution in [0.4, 0.5) is 10.1 Å². The molecule has 2 aromatic heterocycles. The quantitative estimate of drug-likeness (QED) is 0.511. The Kier molecular flexibility index (Phi) is 4.34. The second-order valence-electron chi connectivity index (χ2n) is 6.63. The molecule has 0 saturated heterocycles. The molecule has 0 spiro atoms. The Hall–Kier alpha value is -3.62. The van der Waals surface area contributed by atoms with Crippen LogP contribution in [0.15, 0.2) is 42.6 Å². The van der Waals surface area contributed by atoms with Gasteiger partial charge in [-0.25, -0.2) is 9.37 Å². The van der Waals surface area contributed by atoms with E-state index in [1.54, 1.807) is 9.58 Å². The third-order valence-corrected chi connectivity index (χ3v) is 4.65. The van der Waals surface area contributed by atoms with Crippen molar-refractivity contribution in [1.82, 2.24) is 19.7 Å². The van der Waals surface area contributed by atoms with Crippen LogP contribution in [-0.4, -0.2) is 30.5 Å². The first-order valence-electron chi connectivity index (χ1n) is 8.60. The van der Waals surface area contributed by atoms with Crippen LogP contribution >= 0.6 is 0 Å². The van der Waals surface area contributed by atoms with E-state index in [0.29, 0.717) is 24.3 Å². The lowest BCUT2D eigenvalue weighted by Gasteiger charge is -2.15. The van der Waals surface area contributed by atoms with Crippen LogP contribution in [0.25, 0.3) is 11.3 Å². The third-order valence-electron chi connectivity index (χ3n) is 4.65. The number of nitro groups is 1. The molecule has 142 valence electrons. The van der Waals surface area contributed by atoms with Crippen LogP contribution in [-0.2, 0) is 31.4 Å². The van der Waals surface area contributed by atoms with Gasteiger partial charge in [0.05, 0.1) is 29.3 Å². The molecule has 9 heteroatoms. The number of aromatic nitrogens is 3. The number of aryl methyl sites for hydroxylation is 1. The highest BCUT2D eigenvalue weighted by Gasteiger charge is 2.28. The Labute approximate surface area is 159 Å². The minimum atomic E-state index is -0.551. The zero-order valence-corrected chi connectivity index (χ0v) is 15.0. The molecule has 1 amide bonds. The molecule has 1 aliphatic heterocycles. The lowest BCUT2D eigenvalue weighted by molar-refractivity contribution is -0.385. The number of hydrogen-bond donors (Lipinski definition) is 0. The van der Waals surface area contributed by atoms with Crippen molar-refractivity contribution >= 4 is 11.6 Å². The smallest absolute Gasteiger partial charge is 0.291 e. The van der Waals surface area contributed by atoms with E-state index in [4.69, 9.17) is 0 Å². The minimum Gasteiger partial charge on any atom is -0.332 e. The zero-order valence-electron chi connectivity index (χ0n) is 15.0. The highest BCUT2D eigenvalue weighted by atomic mass is 19.1. The number of amides is 1. The summed E-state index contributed by atoms with van der Waals surface area (Å²) in [6.45, 7) is 0.800. The minimum absolute atomic E-state index is 0.0851. The van der Waals surface area contributed by atoms with Crippen LogP contribution < -0.4 is 0 Å². The number of halogens is 1. The molecule has 1 aromatic carbocycles. The predicted octanol–water partition coefficient (Wildman–Crippen LogP) is 2.61. The second-order valence-corrected chi connectivity index (χ2v) is 6.63. The highest BCUT2D eigenvalue weighted by Crippen LogP contribution is 2.26. The first kappa shape index (κ1) is 17.8. The van der Waals surface area contributed by atoms with Gasteiger partial charge in [0.15, 0.2) is 0 Å². The SMILES string of the molecule is Cn1cc2c(n1)CN(C(=O)Cc1nc(-c3ccc(F)cc3)ccc1[N+](=O)[O-])C2. The van der Waals surface area contributed by atoms with E-state index in [1.165, 1.54) is 36.4 Å². The molecule has 0 N–H and O–H groups in total. The summed E-state index contributed by atoms with van der Waals surface area (Å²) in [7, 11) is 1.82. The van der Waals surface area contributed by atoms with Crippen molar-refractivity contribution < 1.29 is 14.1 Å². The summed E-state index contributed by atoms with van der Waals surface area (Å²) in [5.74, 6) is -0.643. The van der Waals surface area contributed by atoms with Crippen molar-refractivity contribution in [2.75, 3.05) is 0 Å². The van der Waals surface area contributed by atoms with E-state index in [0.717, 1.165) is 11.3 Å². The van der Waals surface area contributed by atoms with Crippen LogP contribution in [0.3, 0.4) is 0 Å². The monoisotopic (exact) mass is 381 g/mol. The normalized spacial score (nSPS) is 12.9. The molecule has 3 heterocycles. The Bertz CT molecular complexity index is 1050. The fourth-order valence-electron chi connectivity index (χ4n) is 3.29. The molecule has 0 saturated carbocycles. The summed E-state index contributed by atoms with van der Waals surface area (Å²) in [5.41, 5.74) is 2.73. The molecule has 0 bridgehead atoms. The van der Waals surface area contributed by atoms with Crippen molar-refractivity contribution in [2.24, 2.45) is 7.05 Å². The number of fused-ring (bicyclic) bond motifs is 1. The Balaban J connectivity index is 1.59. The highest BCUT2D eigenvalue weighted by molar-refractivity contribution is 5.80. The number of hydrogen-bond acceptors (Lipinski definition) is 5. The van der Waals surface area contributed by atoms with Gasteiger partial charge in [-0.1, -0.05) is 0 Å². The fraction of sp³-hybridized carbons (Fsp3) is 0.211. The Morgan fingerprint density at radius 1 is 1.21 bits per heavy atom. The lowest BCUT2D eigenvalue weighted by Crippen LogP contribution is -2.28. The fourth-order valence-corrected chi connectivity index (χ4v) is 3.29. The van der Waals surface area contributed by atoms with E-state index >= 15 is 0 Å². The molecule has 28 heavy (non-hydrogen) atoms. The van der Waals surface area contributed by atoms with Gasteiger partial charge in [0.1, 0.15) is 11.5 Å². The Morgan fingerprint density at radius 2 is 1.96 bits per heavy atom. The molecule has 0 unspecified atom stereocenters.